The number of ether oxygens (including phenoxy) is 1. The van der Waals surface area contributed by atoms with E-state index in [1.165, 1.54) is 0 Å². The minimum atomic E-state index is -0.0551. The molecule has 6 heteroatoms. The first-order valence-corrected chi connectivity index (χ1v) is 6.47. The van der Waals surface area contributed by atoms with Crippen molar-refractivity contribution in [2.24, 2.45) is 5.73 Å². The van der Waals surface area contributed by atoms with Crippen molar-refractivity contribution in [2.45, 2.75) is 6.42 Å². The van der Waals surface area contributed by atoms with Crippen molar-refractivity contribution in [3.63, 3.8) is 0 Å². The van der Waals surface area contributed by atoms with E-state index in [0.717, 1.165) is 29.1 Å². The van der Waals surface area contributed by atoms with Crippen LogP contribution in [0.5, 0.6) is 5.75 Å². The standard InChI is InChI=1S/C14H16N4O2/c1-18-12-6-9(2-3-13(12)20-8-14(18)19)11-7-10(4-5-15)16-17-11/h2-3,6-7H,4-5,8,15H2,1H3,(H,16,17). The lowest BCUT2D eigenvalue weighted by Gasteiger charge is -2.26. The molecule has 0 radical (unpaired) electrons. The van der Waals surface area contributed by atoms with Crippen molar-refractivity contribution >= 4 is 11.6 Å². The molecule has 3 rings (SSSR count). The lowest BCUT2D eigenvalue weighted by Crippen LogP contribution is -2.35. The molecule has 104 valence electrons. The molecule has 1 aliphatic heterocycles. The molecular weight excluding hydrogens is 256 g/mol. The number of aromatic nitrogens is 2. The van der Waals surface area contributed by atoms with Crippen LogP contribution in [0.1, 0.15) is 5.69 Å². The summed E-state index contributed by atoms with van der Waals surface area (Å²) >= 11 is 0. The van der Waals surface area contributed by atoms with E-state index in [2.05, 4.69) is 10.2 Å². The van der Waals surface area contributed by atoms with Crippen LogP contribution in [-0.2, 0) is 11.2 Å². The highest BCUT2D eigenvalue weighted by molar-refractivity contribution is 5.98. The van der Waals surface area contributed by atoms with Crippen LogP contribution in [0.3, 0.4) is 0 Å². The number of benzene rings is 1. The highest BCUT2D eigenvalue weighted by atomic mass is 16.5. The maximum Gasteiger partial charge on any atom is 0.264 e. The molecule has 0 aliphatic carbocycles. The van der Waals surface area contributed by atoms with Gasteiger partial charge in [-0.15, -0.1) is 0 Å². The smallest absolute Gasteiger partial charge is 0.264 e. The third-order valence-corrected chi connectivity index (χ3v) is 3.39. The second kappa shape index (κ2) is 4.97. The number of likely N-dealkylation sites (N-methyl/N-ethyl adjacent to an activating group) is 1. The van der Waals surface area contributed by atoms with Crippen LogP contribution >= 0.6 is 0 Å². The number of rotatable bonds is 3. The van der Waals surface area contributed by atoms with Gasteiger partial charge in [0.1, 0.15) is 5.75 Å². The summed E-state index contributed by atoms with van der Waals surface area (Å²) in [7, 11) is 1.75. The molecule has 2 aromatic rings. The first-order valence-electron chi connectivity index (χ1n) is 6.47. The van der Waals surface area contributed by atoms with E-state index in [1.54, 1.807) is 11.9 Å². The first kappa shape index (κ1) is 12.7. The van der Waals surface area contributed by atoms with Crippen LogP contribution in [0, 0.1) is 0 Å². The van der Waals surface area contributed by atoms with Gasteiger partial charge in [0.25, 0.3) is 5.91 Å². The van der Waals surface area contributed by atoms with Gasteiger partial charge in [-0.3, -0.25) is 9.89 Å². The summed E-state index contributed by atoms with van der Waals surface area (Å²) in [4.78, 5) is 13.3. The summed E-state index contributed by atoms with van der Waals surface area (Å²) in [5.41, 5.74) is 9.07. The molecule has 1 aromatic heterocycles. The number of carbonyl (C=O) groups is 1. The Morgan fingerprint density at radius 2 is 2.30 bits per heavy atom. The van der Waals surface area contributed by atoms with Crippen molar-refractivity contribution in [1.29, 1.82) is 0 Å². The Morgan fingerprint density at radius 1 is 1.45 bits per heavy atom. The van der Waals surface area contributed by atoms with E-state index in [1.807, 2.05) is 24.3 Å². The molecule has 1 aromatic carbocycles. The fourth-order valence-electron chi connectivity index (χ4n) is 2.22. The summed E-state index contributed by atoms with van der Waals surface area (Å²) in [5.74, 6) is 0.661. The van der Waals surface area contributed by atoms with Crippen molar-refractivity contribution in [3.05, 3.63) is 30.0 Å². The zero-order chi connectivity index (χ0) is 14.1. The second-order valence-corrected chi connectivity index (χ2v) is 4.74. The second-order valence-electron chi connectivity index (χ2n) is 4.74. The fourth-order valence-corrected chi connectivity index (χ4v) is 2.22. The fraction of sp³-hybridized carbons (Fsp3) is 0.286. The van der Waals surface area contributed by atoms with Crippen LogP contribution in [0.4, 0.5) is 5.69 Å². The lowest BCUT2D eigenvalue weighted by atomic mass is 10.1. The van der Waals surface area contributed by atoms with Gasteiger partial charge in [-0.2, -0.15) is 5.10 Å². The van der Waals surface area contributed by atoms with Crippen LogP contribution in [0.25, 0.3) is 11.3 Å². The average molecular weight is 272 g/mol. The number of nitrogens with two attached hydrogens (primary N) is 1. The number of aromatic amines is 1. The molecule has 3 N–H and O–H groups in total. The molecule has 0 unspecified atom stereocenters. The quantitative estimate of drug-likeness (QED) is 0.870. The number of H-pyrrole nitrogens is 1. The van der Waals surface area contributed by atoms with Crippen molar-refractivity contribution in [3.8, 4) is 17.0 Å². The number of nitrogens with one attached hydrogen (secondary N) is 1. The molecule has 1 aliphatic rings. The van der Waals surface area contributed by atoms with Gasteiger partial charge >= 0.3 is 0 Å². The molecule has 6 nitrogen and oxygen atoms in total. The molecule has 2 heterocycles. The number of carbonyl (C=O) groups excluding carboxylic acids is 1. The Labute approximate surface area is 116 Å². The topological polar surface area (TPSA) is 84.2 Å². The maximum atomic E-state index is 11.7. The molecule has 20 heavy (non-hydrogen) atoms. The zero-order valence-electron chi connectivity index (χ0n) is 11.2. The molecule has 1 amide bonds. The Morgan fingerprint density at radius 3 is 3.10 bits per heavy atom. The molecule has 0 bridgehead atoms. The van der Waals surface area contributed by atoms with Gasteiger partial charge in [-0.05, 0) is 30.8 Å². The molecule has 0 saturated carbocycles. The van der Waals surface area contributed by atoms with E-state index < -0.39 is 0 Å². The molecule has 0 saturated heterocycles. The highest BCUT2D eigenvalue weighted by Crippen LogP contribution is 2.34. The van der Waals surface area contributed by atoms with E-state index >= 15 is 0 Å². The average Bonchev–Trinajstić information content (AvgIpc) is 2.92. The summed E-state index contributed by atoms with van der Waals surface area (Å²) in [6.45, 7) is 0.669. The molecule has 0 fully saturated rings. The Kier molecular flexibility index (Phi) is 3.15. The largest absolute Gasteiger partial charge is 0.482 e. The van der Waals surface area contributed by atoms with Gasteiger partial charge in [0.05, 0.1) is 11.4 Å². The SMILES string of the molecule is CN1C(=O)COc2ccc(-c3cc(CCN)[nH]n3)cc21. The minimum absolute atomic E-state index is 0.0551. The number of amides is 1. The number of hydrogen-bond acceptors (Lipinski definition) is 4. The van der Waals surface area contributed by atoms with Crippen LogP contribution in [0.15, 0.2) is 24.3 Å². The Bertz CT molecular complexity index is 650. The Balaban J connectivity index is 1.96. The summed E-state index contributed by atoms with van der Waals surface area (Å²) in [5, 5.41) is 7.24. The number of nitrogens with zero attached hydrogens (tertiary/aromatic N) is 2. The number of hydrogen-bond donors (Lipinski definition) is 2. The predicted molar refractivity (Wildman–Crippen MR) is 75.7 cm³/mol. The van der Waals surface area contributed by atoms with Gasteiger partial charge in [-0.1, -0.05) is 0 Å². The van der Waals surface area contributed by atoms with E-state index in [-0.39, 0.29) is 12.5 Å². The predicted octanol–water partition coefficient (Wildman–Crippen LogP) is 0.933. The van der Waals surface area contributed by atoms with Crippen molar-refractivity contribution in [1.82, 2.24) is 10.2 Å². The van der Waals surface area contributed by atoms with Gasteiger partial charge < -0.3 is 15.4 Å². The summed E-state index contributed by atoms with van der Waals surface area (Å²) in [6, 6.07) is 7.69. The van der Waals surface area contributed by atoms with Crippen LogP contribution < -0.4 is 15.4 Å². The third-order valence-electron chi connectivity index (χ3n) is 3.39. The minimum Gasteiger partial charge on any atom is -0.482 e. The zero-order valence-corrected chi connectivity index (χ0v) is 11.2. The normalized spacial score (nSPS) is 14.1. The van der Waals surface area contributed by atoms with Gasteiger partial charge in [-0.25, -0.2) is 0 Å². The maximum absolute atomic E-state index is 11.7. The van der Waals surface area contributed by atoms with E-state index in [4.69, 9.17) is 10.5 Å². The molecule has 0 atom stereocenters. The van der Waals surface area contributed by atoms with Gasteiger partial charge in [0, 0.05) is 24.7 Å². The van der Waals surface area contributed by atoms with Crippen molar-refractivity contribution in [2.75, 3.05) is 25.1 Å². The summed E-state index contributed by atoms with van der Waals surface area (Å²) < 4.78 is 5.40. The number of anilines is 1. The Hall–Kier alpha value is -2.34. The number of fused-ring (bicyclic) bond motifs is 1. The van der Waals surface area contributed by atoms with Gasteiger partial charge in [0.2, 0.25) is 0 Å². The monoisotopic (exact) mass is 272 g/mol. The summed E-state index contributed by atoms with van der Waals surface area (Å²) in [6.07, 6.45) is 0.763. The first-order chi connectivity index (χ1) is 9.69. The van der Waals surface area contributed by atoms with Gasteiger partial charge in [0.15, 0.2) is 6.61 Å². The lowest BCUT2D eigenvalue weighted by molar-refractivity contribution is -0.120. The van der Waals surface area contributed by atoms with E-state index in [0.29, 0.717) is 12.3 Å². The van der Waals surface area contributed by atoms with Crippen LogP contribution in [-0.4, -0.2) is 36.3 Å². The molecule has 0 spiro atoms. The van der Waals surface area contributed by atoms with Crippen LogP contribution in [0.2, 0.25) is 0 Å². The van der Waals surface area contributed by atoms with E-state index in [9.17, 15) is 4.79 Å². The third kappa shape index (κ3) is 2.14. The molecular formula is C14H16N4O2. The highest BCUT2D eigenvalue weighted by Gasteiger charge is 2.22. The van der Waals surface area contributed by atoms with Crippen molar-refractivity contribution < 1.29 is 9.53 Å².